The molecule has 1 saturated carbocycles. The summed E-state index contributed by atoms with van der Waals surface area (Å²) in [7, 11) is 0. The summed E-state index contributed by atoms with van der Waals surface area (Å²) >= 11 is 1.57. The highest BCUT2D eigenvalue weighted by Crippen LogP contribution is 2.39. The van der Waals surface area contributed by atoms with Crippen LogP contribution in [0.2, 0.25) is 0 Å². The second-order valence-electron chi connectivity index (χ2n) is 5.23. The number of nitrogens with zero attached hydrogens (tertiary/aromatic N) is 3. The maximum absolute atomic E-state index is 12.1. The number of rotatable bonds is 4. The van der Waals surface area contributed by atoms with Gasteiger partial charge in [0.1, 0.15) is 5.54 Å². The smallest absolute Gasteiger partial charge is 0.315 e. The van der Waals surface area contributed by atoms with Gasteiger partial charge in [0.25, 0.3) is 0 Å². The minimum atomic E-state index is -0.481. The summed E-state index contributed by atoms with van der Waals surface area (Å²) in [5.74, 6) is 1.08. The quantitative estimate of drug-likeness (QED) is 0.901. The Morgan fingerprint density at radius 2 is 2.29 bits per heavy atom. The third-order valence-corrected chi connectivity index (χ3v) is 4.52. The third kappa shape index (κ3) is 2.90. The molecule has 2 heterocycles. The van der Waals surface area contributed by atoms with E-state index in [0.29, 0.717) is 18.3 Å². The SMILES string of the molecule is Cc1nc(C2(NC(=O)NCc3cnc(C)s3)CCC2)no1. The van der Waals surface area contributed by atoms with Gasteiger partial charge >= 0.3 is 6.03 Å². The van der Waals surface area contributed by atoms with Gasteiger partial charge in [-0.15, -0.1) is 11.3 Å². The highest BCUT2D eigenvalue weighted by molar-refractivity contribution is 7.11. The summed E-state index contributed by atoms with van der Waals surface area (Å²) in [5, 5.41) is 10.8. The molecule has 2 aromatic rings. The molecule has 2 N–H and O–H groups in total. The zero-order valence-corrected chi connectivity index (χ0v) is 12.8. The van der Waals surface area contributed by atoms with Crippen molar-refractivity contribution in [3.63, 3.8) is 0 Å². The van der Waals surface area contributed by atoms with Gasteiger partial charge in [-0.25, -0.2) is 9.78 Å². The Hall–Kier alpha value is -1.96. The first kappa shape index (κ1) is 14.0. The fourth-order valence-corrected chi connectivity index (χ4v) is 3.08. The van der Waals surface area contributed by atoms with Crippen LogP contribution in [0.4, 0.5) is 4.79 Å². The van der Waals surface area contributed by atoms with E-state index in [9.17, 15) is 4.79 Å². The van der Waals surface area contributed by atoms with Crippen LogP contribution >= 0.6 is 11.3 Å². The lowest BCUT2D eigenvalue weighted by atomic mass is 9.76. The van der Waals surface area contributed by atoms with Gasteiger partial charge in [0, 0.05) is 18.0 Å². The molecule has 2 aromatic heterocycles. The minimum Gasteiger partial charge on any atom is -0.340 e. The second kappa shape index (κ2) is 5.44. The molecule has 112 valence electrons. The zero-order chi connectivity index (χ0) is 14.9. The van der Waals surface area contributed by atoms with E-state index in [4.69, 9.17) is 4.52 Å². The van der Waals surface area contributed by atoms with Crippen molar-refractivity contribution in [3.05, 3.63) is 27.8 Å². The number of hydrogen-bond acceptors (Lipinski definition) is 6. The Balaban J connectivity index is 1.60. The van der Waals surface area contributed by atoms with Crippen LogP contribution in [-0.2, 0) is 12.1 Å². The fraction of sp³-hybridized carbons (Fsp3) is 0.538. The van der Waals surface area contributed by atoms with Crippen LogP contribution in [0.25, 0.3) is 0 Å². The normalized spacial score (nSPS) is 16.3. The average Bonchev–Trinajstić information content (AvgIpc) is 3.00. The number of hydrogen-bond donors (Lipinski definition) is 2. The first-order valence-electron chi connectivity index (χ1n) is 6.85. The minimum absolute atomic E-state index is 0.219. The highest BCUT2D eigenvalue weighted by Gasteiger charge is 2.44. The number of aromatic nitrogens is 3. The molecular formula is C13H17N5O2S. The zero-order valence-electron chi connectivity index (χ0n) is 12.0. The van der Waals surface area contributed by atoms with Crippen LogP contribution in [0, 0.1) is 13.8 Å². The van der Waals surface area contributed by atoms with Crippen molar-refractivity contribution in [2.75, 3.05) is 0 Å². The van der Waals surface area contributed by atoms with Gasteiger partial charge in [-0.05, 0) is 26.2 Å². The predicted molar refractivity (Wildman–Crippen MR) is 76.8 cm³/mol. The Morgan fingerprint density at radius 3 is 2.81 bits per heavy atom. The topological polar surface area (TPSA) is 92.9 Å². The van der Waals surface area contributed by atoms with Crippen molar-refractivity contribution >= 4 is 17.4 Å². The van der Waals surface area contributed by atoms with Gasteiger partial charge in [-0.3, -0.25) is 0 Å². The van der Waals surface area contributed by atoms with E-state index >= 15 is 0 Å². The maximum atomic E-state index is 12.1. The van der Waals surface area contributed by atoms with Gasteiger partial charge in [0.05, 0.1) is 11.6 Å². The van der Waals surface area contributed by atoms with Gasteiger partial charge in [0.2, 0.25) is 5.89 Å². The monoisotopic (exact) mass is 307 g/mol. The standard InChI is InChI=1S/C13H17N5O2S/c1-8-16-11(18-20-8)13(4-3-5-13)17-12(19)15-7-10-6-14-9(2)21-10/h6H,3-5,7H2,1-2H3,(H2,15,17,19). The Kier molecular flexibility index (Phi) is 3.62. The molecule has 1 fully saturated rings. The lowest BCUT2D eigenvalue weighted by Gasteiger charge is -2.39. The van der Waals surface area contributed by atoms with Crippen LogP contribution in [-0.4, -0.2) is 21.2 Å². The molecule has 0 spiro atoms. The molecule has 0 aliphatic heterocycles. The summed E-state index contributed by atoms with van der Waals surface area (Å²) < 4.78 is 5.02. The van der Waals surface area contributed by atoms with E-state index in [-0.39, 0.29) is 6.03 Å². The predicted octanol–water partition coefficient (Wildman–Crippen LogP) is 2.02. The molecule has 0 unspecified atom stereocenters. The summed E-state index contributed by atoms with van der Waals surface area (Å²) in [6, 6.07) is -0.219. The van der Waals surface area contributed by atoms with E-state index in [1.165, 1.54) is 0 Å². The molecule has 0 aromatic carbocycles. The van der Waals surface area contributed by atoms with Crippen LogP contribution in [0.1, 0.15) is 40.9 Å². The van der Waals surface area contributed by atoms with Crippen molar-refractivity contribution in [1.29, 1.82) is 0 Å². The molecule has 2 amide bonds. The van der Waals surface area contributed by atoms with E-state index in [1.807, 2.05) is 6.92 Å². The first-order chi connectivity index (χ1) is 10.1. The number of carbonyl (C=O) groups is 1. The Morgan fingerprint density at radius 1 is 1.48 bits per heavy atom. The summed E-state index contributed by atoms with van der Waals surface area (Å²) in [4.78, 5) is 21.5. The van der Waals surface area contributed by atoms with Crippen molar-refractivity contribution in [1.82, 2.24) is 25.8 Å². The largest absolute Gasteiger partial charge is 0.340 e. The maximum Gasteiger partial charge on any atom is 0.315 e. The van der Waals surface area contributed by atoms with Crippen LogP contribution < -0.4 is 10.6 Å². The molecule has 0 atom stereocenters. The van der Waals surface area contributed by atoms with Crippen molar-refractivity contribution in [3.8, 4) is 0 Å². The van der Waals surface area contributed by atoms with Crippen molar-refractivity contribution in [2.45, 2.75) is 45.2 Å². The Bertz CT molecular complexity index is 647. The molecule has 7 nitrogen and oxygen atoms in total. The number of thiazole rings is 1. The second-order valence-corrected chi connectivity index (χ2v) is 6.55. The van der Waals surface area contributed by atoms with Crippen molar-refractivity contribution < 1.29 is 9.32 Å². The molecule has 1 aliphatic carbocycles. The van der Waals surface area contributed by atoms with Crippen molar-refractivity contribution in [2.24, 2.45) is 0 Å². The van der Waals surface area contributed by atoms with E-state index < -0.39 is 5.54 Å². The molecule has 0 bridgehead atoms. The molecule has 0 saturated heterocycles. The number of aryl methyl sites for hydroxylation is 2. The molecule has 0 radical (unpaired) electrons. The van der Waals surface area contributed by atoms with Gasteiger partial charge < -0.3 is 15.2 Å². The Labute approximate surface area is 126 Å². The molecule has 8 heteroatoms. The van der Waals surface area contributed by atoms with E-state index in [2.05, 4.69) is 25.8 Å². The molecule has 3 rings (SSSR count). The number of amides is 2. The first-order valence-corrected chi connectivity index (χ1v) is 7.67. The number of urea groups is 1. The van der Waals surface area contributed by atoms with Crippen LogP contribution in [0.15, 0.2) is 10.7 Å². The summed E-state index contributed by atoms with van der Waals surface area (Å²) in [6.07, 6.45) is 4.49. The number of carbonyl (C=O) groups excluding carboxylic acids is 1. The lowest BCUT2D eigenvalue weighted by molar-refractivity contribution is 0.165. The summed E-state index contributed by atoms with van der Waals surface area (Å²) in [6.45, 7) is 4.16. The van der Waals surface area contributed by atoms with Crippen LogP contribution in [0.5, 0.6) is 0 Å². The highest BCUT2D eigenvalue weighted by atomic mass is 32.1. The van der Waals surface area contributed by atoms with Crippen LogP contribution in [0.3, 0.4) is 0 Å². The van der Waals surface area contributed by atoms with Gasteiger partial charge in [-0.2, -0.15) is 4.98 Å². The molecular weight excluding hydrogens is 290 g/mol. The number of nitrogens with one attached hydrogen (secondary N) is 2. The van der Waals surface area contributed by atoms with Gasteiger partial charge in [0.15, 0.2) is 5.82 Å². The van der Waals surface area contributed by atoms with Gasteiger partial charge in [-0.1, -0.05) is 5.16 Å². The van der Waals surface area contributed by atoms with E-state index in [0.717, 1.165) is 29.1 Å². The lowest BCUT2D eigenvalue weighted by Crippen LogP contribution is -2.54. The molecule has 21 heavy (non-hydrogen) atoms. The summed E-state index contributed by atoms with van der Waals surface area (Å²) in [5.41, 5.74) is -0.481. The fourth-order valence-electron chi connectivity index (χ4n) is 2.34. The van der Waals surface area contributed by atoms with E-state index in [1.54, 1.807) is 24.5 Å². The third-order valence-electron chi connectivity index (χ3n) is 3.61. The molecule has 1 aliphatic rings. The average molecular weight is 307 g/mol.